The second kappa shape index (κ2) is 9.24. The Hall–Kier alpha value is -2.33. The molecule has 0 aromatic heterocycles. The fraction of sp³-hybridized carbons (Fsp3) is 0.174. The van der Waals surface area contributed by atoms with Gasteiger partial charge in [0.2, 0.25) is 5.91 Å². The van der Waals surface area contributed by atoms with E-state index in [1.165, 1.54) is 0 Å². The lowest BCUT2D eigenvalue weighted by molar-refractivity contribution is -0.121. The van der Waals surface area contributed by atoms with Gasteiger partial charge in [0.05, 0.1) is 0 Å². The molecule has 0 aliphatic carbocycles. The number of nitrogens with zero attached hydrogens (tertiary/aromatic N) is 1. The average Bonchev–Trinajstić information content (AvgIpc) is 2.66. The minimum absolute atomic E-state index is 0.115. The second-order valence-corrected chi connectivity index (χ2v) is 7.66. The number of anilines is 1. The lowest BCUT2D eigenvalue weighted by Crippen LogP contribution is -2.34. The molecule has 0 saturated carbocycles. The molecule has 3 aromatic rings. The molecule has 0 radical (unpaired) electrons. The maximum atomic E-state index is 13.2. The maximum absolute atomic E-state index is 13.2. The van der Waals surface area contributed by atoms with Crippen molar-refractivity contribution in [1.29, 1.82) is 0 Å². The molecule has 3 nitrogen and oxygen atoms in total. The van der Waals surface area contributed by atoms with E-state index in [9.17, 15) is 4.79 Å². The minimum Gasteiger partial charge on any atom is -0.324 e. The standard InChI is InChI=1S/C23H22Cl2N2O/c1-16-11-12-20(14-21(16)25)26-23(28)22(18-8-4-3-5-9-18)27(2)15-17-7-6-10-19(24)13-17/h3-14,22H,15H2,1-2H3,(H,26,28). The summed E-state index contributed by atoms with van der Waals surface area (Å²) < 4.78 is 0. The van der Waals surface area contributed by atoms with Crippen molar-refractivity contribution in [3.63, 3.8) is 0 Å². The lowest BCUT2D eigenvalue weighted by atomic mass is 10.0. The summed E-state index contributed by atoms with van der Waals surface area (Å²) in [4.78, 5) is 15.2. The number of aryl methyl sites for hydroxylation is 1. The lowest BCUT2D eigenvalue weighted by Gasteiger charge is -2.28. The molecule has 144 valence electrons. The molecular formula is C23H22Cl2N2O. The maximum Gasteiger partial charge on any atom is 0.246 e. The Bertz CT molecular complexity index is 960. The zero-order chi connectivity index (χ0) is 20.1. The molecule has 1 atom stereocenters. The van der Waals surface area contributed by atoms with Crippen LogP contribution in [0.15, 0.2) is 72.8 Å². The van der Waals surface area contributed by atoms with Crippen LogP contribution >= 0.6 is 23.2 Å². The molecule has 0 aliphatic rings. The Labute approximate surface area is 175 Å². The van der Waals surface area contributed by atoms with E-state index in [0.717, 1.165) is 16.7 Å². The van der Waals surface area contributed by atoms with E-state index in [1.54, 1.807) is 6.07 Å². The van der Waals surface area contributed by atoms with Crippen LogP contribution in [0.5, 0.6) is 0 Å². The number of carbonyl (C=O) groups is 1. The van der Waals surface area contributed by atoms with Crippen molar-refractivity contribution in [2.75, 3.05) is 12.4 Å². The normalized spacial score (nSPS) is 12.0. The second-order valence-electron chi connectivity index (χ2n) is 6.81. The number of amides is 1. The van der Waals surface area contributed by atoms with Gasteiger partial charge in [-0.3, -0.25) is 9.69 Å². The summed E-state index contributed by atoms with van der Waals surface area (Å²) >= 11 is 12.3. The van der Waals surface area contributed by atoms with Crippen LogP contribution in [0.25, 0.3) is 0 Å². The summed E-state index contributed by atoms with van der Waals surface area (Å²) in [7, 11) is 1.93. The largest absolute Gasteiger partial charge is 0.324 e. The van der Waals surface area contributed by atoms with Crippen LogP contribution in [-0.4, -0.2) is 17.9 Å². The third-order valence-electron chi connectivity index (χ3n) is 4.56. The van der Waals surface area contributed by atoms with Gasteiger partial charge < -0.3 is 5.32 Å². The highest BCUT2D eigenvalue weighted by Crippen LogP contribution is 2.26. The van der Waals surface area contributed by atoms with Gasteiger partial charge in [0, 0.05) is 22.3 Å². The van der Waals surface area contributed by atoms with Gasteiger partial charge in [-0.1, -0.05) is 71.7 Å². The van der Waals surface area contributed by atoms with Gasteiger partial charge in [-0.15, -0.1) is 0 Å². The van der Waals surface area contributed by atoms with Crippen LogP contribution in [0.1, 0.15) is 22.7 Å². The highest BCUT2D eigenvalue weighted by molar-refractivity contribution is 6.31. The number of rotatable bonds is 6. The first kappa shape index (κ1) is 20.4. The molecule has 5 heteroatoms. The predicted octanol–water partition coefficient (Wildman–Crippen LogP) is 6.11. The van der Waals surface area contributed by atoms with Gasteiger partial charge in [-0.05, 0) is 54.9 Å². The van der Waals surface area contributed by atoms with Gasteiger partial charge in [-0.25, -0.2) is 0 Å². The van der Waals surface area contributed by atoms with Crippen molar-refractivity contribution in [1.82, 2.24) is 4.90 Å². The van der Waals surface area contributed by atoms with E-state index in [1.807, 2.05) is 85.6 Å². The zero-order valence-corrected chi connectivity index (χ0v) is 17.3. The van der Waals surface area contributed by atoms with Crippen LogP contribution in [0.2, 0.25) is 10.0 Å². The number of hydrogen-bond acceptors (Lipinski definition) is 2. The fourth-order valence-corrected chi connectivity index (χ4v) is 3.53. The van der Waals surface area contributed by atoms with E-state index in [2.05, 4.69) is 5.32 Å². The topological polar surface area (TPSA) is 32.3 Å². The quantitative estimate of drug-likeness (QED) is 0.529. The molecule has 3 aromatic carbocycles. The summed E-state index contributed by atoms with van der Waals surface area (Å²) in [5.41, 5.74) is 3.61. The summed E-state index contributed by atoms with van der Waals surface area (Å²) in [5, 5.41) is 4.30. The van der Waals surface area contributed by atoms with Crippen molar-refractivity contribution < 1.29 is 4.79 Å². The Morgan fingerprint density at radius 2 is 1.75 bits per heavy atom. The van der Waals surface area contributed by atoms with Gasteiger partial charge in [0.1, 0.15) is 6.04 Å². The van der Waals surface area contributed by atoms with Crippen LogP contribution in [-0.2, 0) is 11.3 Å². The molecule has 1 unspecified atom stereocenters. The van der Waals surface area contributed by atoms with Gasteiger partial charge in [0.25, 0.3) is 0 Å². The van der Waals surface area contributed by atoms with Crippen molar-refractivity contribution in [3.8, 4) is 0 Å². The fourth-order valence-electron chi connectivity index (χ4n) is 3.14. The molecule has 0 heterocycles. The summed E-state index contributed by atoms with van der Waals surface area (Å²) in [6, 6.07) is 22.5. The number of hydrogen-bond donors (Lipinski definition) is 1. The first-order valence-corrected chi connectivity index (χ1v) is 9.76. The number of halogens is 2. The van der Waals surface area contributed by atoms with Crippen LogP contribution in [0, 0.1) is 6.92 Å². The first-order chi connectivity index (χ1) is 13.4. The molecule has 3 rings (SSSR count). The Balaban J connectivity index is 1.85. The monoisotopic (exact) mass is 412 g/mol. The Kier molecular flexibility index (Phi) is 6.74. The minimum atomic E-state index is -0.458. The van der Waals surface area contributed by atoms with Crippen LogP contribution < -0.4 is 5.32 Å². The van der Waals surface area contributed by atoms with E-state index in [4.69, 9.17) is 23.2 Å². The van der Waals surface area contributed by atoms with Crippen molar-refractivity contribution >= 4 is 34.8 Å². The molecule has 1 N–H and O–H groups in total. The van der Waals surface area contributed by atoms with E-state index >= 15 is 0 Å². The van der Waals surface area contributed by atoms with Gasteiger partial charge >= 0.3 is 0 Å². The third-order valence-corrected chi connectivity index (χ3v) is 5.21. The predicted molar refractivity (Wildman–Crippen MR) is 117 cm³/mol. The zero-order valence-electron chi connectivity index (χ0n) is 15.8. The SMILES string of the molecule is Cc1ccc(NC(=O)C(c2ccccc2)N(C)Cc2cccc(Cl)c2)cc1Cl. The van der Waals surface area contributed by atoms with Crippen molar-refractivity contribution in [2.24, 2.45) is 0 Å². The first-order valence-electron chi connectivity index (χ1n) is 9.00. The van der Waals surface area contributed by atoms with Crippen LogP contribution in [0.4, 0.5) is 5.69 Å². The third kappa shape index (κ3) is 5.14. The molecule has 0 spiro atoms. The summed E-state index contributed by atoms with van der Waals surface area (Å²) in [5.74, 6) is -0.115. The highest BCUT2D eigenvalue weighted by atomic mass is 35.5. The van der Waals surface area contributed by atoms with Gasteiger partial charge in [-0.2, -0.15) is 0 Å². The highest BCUT2D eigenvalue weighted by Gasteiger charge is 2.25. The Morgan fingerprint density at radius 1 is 1.00 bits per heavy atom. The van der Waals surface area contributed by atoms with Crippen LogP contribution in [0.3, 0.4) is 0 Å². The number of nitrogens with one attached hydrogen (secondary N) is 1. The molecule has 1 amide bonds. The number of benzene rings is 3. The van der Waals surface area contributed by atoms with E-state index in [0.29, 0.717) is 22.3 Å². The average molecular weight is 413 g/mol. The molecule has 0 saturated heterocycles. The van der Waals surface area contributed by atoms with E-state index < -0.39 is 6.04 Å². The molecule has 0 bridgehead atoms. The number of likely N-dealkylation sites (N-methyl/N-ethyl adjacent to an activating group) is 1. The van der Waals surface area contributed by atoms with E-state index in [-0.39, 0.29) is 5.91 Å². The summed E-state index contributed by atoms with van der Waals surface area (Å²) in [6.45, 7) is 2.52. The molecule has 0 fully saturated rings. The Morgan fingerprint density at radius 3 is 2.43 bits per heavy atom. The smallest absolute Gasteiger partial charge is 0.246 e. The van der Waals surface area contributed by atoms with Gasteiger partial charge in [0.15, 0.2) is 0 Å². The van der Waals surface area contributed by atoms with Crippen molar-refractivity contribution in [2.45, 2.75) is 19.5 Å². The van der Waals surface area contributed by atoms with Crippen molar-refractivity contribution in [3.05, 3.63) is 99.5 Å². The number of carbonyl (C=O) groups excluding carboxylic acids is 1. The molecular weight excluding hydrogens is 391 g/mol. The summed E-state index contributed by atoms with van der Waals surface area (Å²) in [6.07, 6.45) is 0. The molecule has 0 aliphatic heterocycles. The molecule has 28 heavy (non-hydrogen) atoms.